The summed E-state index contributed by atoms with van der Waals surface area (Å²) in [6, 6.07) is 7.92. The minimum Gasteiger partial charge on any atom is -0.492 e. The maximum absolute atomic E-state index is 12.4. The van der Waals surface area contributed by atoms with Crippen molar-refractivity contribution in [3.05, 3.63) is 42.4 Å². The highest BCUT2D eigenvalue weighted by Gasteiger charge is 2.38. The number of anilines is 1. The van der Waals surface area contributed by atoms with Crippen LogP contribution in [0.15, 0.2) is 36.8 Å². The van der Waals surface area contributed by atoms with Crippen LogP contribution in [0, 0.1) is 17.2 Å². The number of carbonyl (C=O) groups excluding carboxylic acids is 1. The summed E-state index contributed by atoms with van der Waals surface area (Å²) in [6.07, 6.45) is -0.538. The third kappa shape index (κ3) is 7.86. The lowest BCUT2D eigenvalue weighted by atomic mass is 10.0. The molecule has 12 nitrogen and oxygen atoms in total. The van der Waals surface area contributed by atoms with Crippen molar-refractivity contribution in [2.24, 2.45) is 5.92 Å². The number of aromatic nitrogens is 3. The highest BCUT2D eigenvalue weighted by Crippen LogP contribution is 2.31. The number of alkyl halides is 3. The Hall–Kier alpha value is -4.42. The molecule has 1 unspecified atom stereocenters. The maximum Gasteiger partial charge on any atom is 0.490 e. The van der Waals surface area contributed by atoms with Crippen molar-refractivity contribution in [1.82, 2.24) is 19.5 Å². The summed E-state index contributed by atoms with van der Waals surface area (Å²) in [5.41, 5.74) is 2.72. The van der Waals surface area contributed by atoms with Crippen molar-refractivity contribution in [2.45, 2.75) is 32.5 Å². The lowest BCUT2D eigenvalue weighted by Gasteiger charge is -2.36. The molecule has 1 amide bonds. The molecule has 4 heterocycles. The maximum atomic E-state index is 12.4. The number of fused-ring (bicyclic) bond motifs is 1. The van der Waals surface area contributed by atoms with E-state index in [0.29, 0.717) is 56.0 Å². The molecule has 1 aliphatic rings. The van der Waals surface area contributed by atoms with Crippen LogP contribution in [-0.2, 0) is 9.59 Å². The topological polar surface area (TPSA) is 165 Å². The van der Waals surface area contributed by atoms with Crippen LogP contribution in [0.2, 0.25) is 0 Å². The SMILES string of the molecule is CC(C)C(O)C(=O)N1CCN(c2ccc(-c3cc(OCCCO)cn4ncc(C#N)c34)cn2)CC1.O=C(O)C(F)(F)F. The lowest BCUT2D eigenvalue weighted by Crippen LogP contribution is -2.52. The van der Waals surface area contributed by atoms with Gasteiger partial charge in [0.25, 0.3) is 5.91 Å². The van der Waals surface area contributed by atoms with E-state index in [2.05, 4.69) is 21.1 Å². The Balaban J connectivity index is 0.000000616. The van der Waals surface area contributed by atoms with Gasteiger partial charge in [-0.2, -0.15) is 23.5 Å². The first-order valence-corrected chi connectivity index (χ1v) is 13.0. The lowest BCUT2D eigenvalue weighted by molar-refractivity contribution is -0.192. The molecule has 0 aromatic carbocycles. The summed E-state index contributed by atoms with van der Waals surface area (Å²) in [5, 5.41) is 40.1. The number of carboxylic acids is 1. The van der Waals surface area contributed by atoms with Crippen LogP contribution in [0.5, 0.6) is 5.75 Å². The number of ether oxygens (including phenoxy) is 1. The van der Waals surface area contributed by atoms with Gasteiger partial charge in [0.1, 0.15) is 23.7 Å². The molecule has 3 aromatic heterocycles. The van der Waals surface area contributed by atoms with Crippen molar-refractivity contribution in [3.63, 3.8) is 0 Å². The highest BCUT2D eigenvalue weighted by atomic mass is 19.4. The summed E-state index contributed by atoms with van der Waals surface area (Å²) in [4.78, 5) is 29.8. The molecule has 226 valence electrons. The van der Waals surface area contributed by atoms with Gasteiger partial charge < -0.3 is 29.9 Å². The fraction of sp³-hybridized carbons (Fsp3) is 0.444. The standard InChI is InChI=1S/C25H30N6O4.C2HF3O2/c1-17(2)24(33)25(34)30-8-6-29(7-9-30)22-5-4-18(14-27-22)21-12-20(35-11-3-10-32)16-31-23(21)19(13-26)15-28-31;3-2(4,5)1(6)7/h4-5,12,14-17,24,32-33H,3,6-11H2,1-2H3;(H,6,7). The van der Waals surface area contributed by atoms with Gasteiger partial charge in [0.15, 0.2) is 0 Å². The number of aliphatic hydroxyl groups excluding tert-OH is 2. The monoisotopic (exact) mass is 592 g/mol. The number of nitriles is 1. The normalized spacial score (nSPS) is 14.3. The smallest absolute Gasteiger partial charge is 0.490 e. The van der Waals surface area contributed by atoms with E-state index in [9.17, 15) is 28.3 Å². The summed E-state index contributed by atoms with van der Waals surface area (Å²) in [5.74, 6) is -1.71. The molecule has 1 fully saturated rings. The zero-order valence-electron chi connectivity index (χ0n) is 23.0. The second-order valence-electron chi connectivity index (χ2n) is 9.69. The van der Waals surface area contributed by atoms with Crippen molar-refractivity contribution < 1.29 is 42.8 Å². The number of nitrogens with zero attached hydrogens (tertiary/aromatic N) is 6. The minimum atomic E-state index is -5.08. The second-order valence-corrected chi connectivity index (χ2v) is 9.69. The molecule has 0 aliphatic carbocycles. The van der Waals surface area contributed by atoms with Crippen LogP contribution in [0.25, 0.3) is 16.6 Å². The Morgan fingerprint density at radius 3 is 2.36 bits per heavy atom. The Morgan fingerprint density at radius 2 is 1.83 bits per heavy atom. The van der Waals surface area contributed by atoms with Crippen LogP contribution in [0.3, 0.4) is 0 Å². The number of aliphatic carboxylic acids is 1. The van der Waals surface area contributed by atoms with Gasteiger partial charge in [-0.15, -0.1) is 0 Å². The largest absolute Gasteiger partial charge is 0.492 e. The molecule has 1 aliphatic heterocycles. The van der Waals surface area contributed by atoms with Gasteiger partial charge in [-0.05, 0) is 24.1 Å². The predicted molar refractivity (Wildman–Crippen MR) is 144 cm³/mol. The van der Waals surface area contributed by atoms with E-state index in [1.807, 2.05) is 32.0 Å². The number of piperazine rings is 1. The van der Waals surface area contributed by atoms with E-state index in [-0.39, 0.29) is 18.4 Å². The van der Waals surface area contributed by atoms with Gasteiger partial charge in [0, 0.05) is 56.5 Å². The Bertz CT molecular complexity index is 1410. The van der Waals surface area contributed by atoms with E-state index >= 15 is 0 Å². The number of hydrogen-bond acceptors (Lipinski definition) is 9. The number of amides is 1. The summed E-state index contributed by atoms with van der Waals surface area (Å²) < 4.78 is 39.1. The fourth-order valence-electron chi connectivity index (χ4n) is 4.09. The van der Waals surface area contributed by atoms with Gasteiger partial charge in [-0.25, -0.2) is 14.3 Å². The molecule has 0 bridgehead atoms. The van der Waals surface area contributed by atoms with Gasteiger partial charge in [0.05, 0.1) is 30.1 Å². The molecule has 1 saturated heterocycles. The second kappa shape index (κ2) is 14.0. The number of aliphatic hydroxyl groups is 2. The third-order valence-corrected chi connectivity index (χ3v) is 6.38. The molecule has 4 rings (SSSR count). The zero-order chi connectivity index (χ0) is 31.0. The van der Waals surface area contributed by atoms with Crippen LogP contribution < -0.4 is 9.64 Å². The van der Waals surface area contributed by atoms with Crippen molar-refractivity contribution in [1.29, 1.82) is 5.26 Å². The third-order valence-electron chi connectivity index (χ3n) is 6.38. The summed E-state index contributed by atoms with van der Waals surface area (Å²) in [7, 11) is 0. The van der Waals surface area contributed by atoms with Gasteiger partial charge in [-0.3, -0.25) is 4.79 Å². The molecule has 42 heavy (non-hydrogen) atoms. The van der Waals surface area contributed by atoms with E-state index in [4.69, 9.17) is 19.7 Å². The van der Waals surface area contributed by atoms with Gasteiger partial charge in [-0.1, -0.05) is 13.8 Å². The first-order chi connectivity index (χ1) is 19.9. The molecule has 3 N–H and O–H groups in total. The Labute approximate surface area is 239 Å². The van der Waals surface area contributed by atoms with Crippen molar-refractivity contribution in [2.75, 3.05) is 44.3 Å². The first-order valence-electron chi connectivity index (χ1n) is 13.0. The molecule has 3 aromatic rings. The molecule has 0 radical (unpaired) electrons. The highest BCUT2D eigenvalue weighted by molar-refractivity contribution is 5.85. The number of carbonyl (C=O) groups is 2. The molecule has 15 heteroatoms. The van der Waals surface area contributed by atoms with E-state index < -0.39 is 18.2 Å². The molecule has 0 saturated carbocycles. The average molecular weight is 593 g/mol. The van der Waals surface area contributed by atoms with Gasteiger partial charge >= 0.3 is 12.1 Å². The van der Waals surface area contributed by atoms with Crippen LogP contribution in [0.1, 0.15) is 25.8 Å². The van der Waals surface area contributed by atoms with Gasteiger partial charge in [0.2, 0.25) is 0 Å². The number of hydrogen-bond donors (Lipinski definition) is 3. The zero-order valence-corrected chi connectivity index (χ0v) is 23.0. The number of rotatable bonds is 8. The molecule has 0 spiro atoms. The predicted octanol–water partition coefficient (Wildman–Crippen LogP) is 2.33. The van der Waals surface area contributed by atoms with Crippen LogP contribution in [-0.4, -0.2) is 98.4 Å². The summed E-state index contributed by atoms with van der Waals surface area (Å²) >= 11 is 0. The quantitative estimate of drug-likeness (QED) is 0.331. The number of carboxylic acid groups (broad SMARTS) is 1. The molecular formula is C27H31F3N6O6. The van der Waals surface area contributed by atoms with E-state index in [1.165, 1.54) is 6.20 Å². The van der Waals surface area contributed by atoms with Crippen molar-refractivity contribution >= 4 is 23.2 Å². The first kappa shape index (κ1) is 32.1. The van der Waals surface area contributed by atoms with E-state index in [1.54, 1.807) is 21.8 Å². The average Bonchev–Trinajstić information content (AvgIpc) is 3.39. The summed E-state index contributed by atoms with van der Waals surface area (Å²) in [6.45, 7) is 6.39. The Kier molecular flexibility index (Phi) is 10.7. The minimum absolute atomic E-state index is 0.0432. The molecule has 1 atom stereocenters. The Morgan fingerprint density at radius 1 is 1.17 bits per heavy atom. The van der Waals surface area contributed by atoms with Crippen molar-refractivity contribution in [3.8, 4) is 22.9 Å². The molecular weight excluding hydrogens is 561 g/mol. The number of pyridine rings is 2. The van der Waals surface area contributed by atoms with Crippen LogP contribution in [0.4, 0.5) is 19.0 Å². The fourth-order valence-corrected chi connectivity index (χ4v) is 4.09. The van der Waals surface area contributed by atoms with E-state index in [0.717, 1.165) is 16.9 Å². The number of halogens is 3. The van der Waals surface area contributed by atoms with Crippen LogP contribution >= 0.6 is 0 Å².